The molecule has 0 saturated heterocycles. The first-order valence-corrected chi connectivity index (χ1v) is 1.89. The zero-order valence-electron chi connectivity index (χ0n) is 4.25. The van der Waals surface area contributed by atoms with Crippen LogP contribution in [0.1, 0.15) is 0 Å². The fraction of sp³-hybridized carbons (Fsp3) is 1.00. The second-order valence-corrected chi connectivity index (χ2v) is 1.14. The van der Waals surface area contributed by atoms with Crippen molar-refractivity contribution >= 4 is 0 Å². The molecule has 0 amide bonds. The summed E-state index contributed by atoms with van der Waals surface area (Å²) in [5.41, 5.74) is 1.66. The van der Waals surface area contributed by atoms with Crippen molar-refractivity contribution in [3.8, 4) is 0 Å². The molecule has 0 aliphatic heterocycles. The monoisotopic (exact) mass is 129 g/mol. The molecule has 0 aromatic carbocycles. The highest BCUT2D eigenvalue weighted by molar-refractivity contribution is 4.47. The first-order chi connectivity index (χ1) is 3.56. The summed E-state index contributed by atoms with van der Waals surface area (Å²) in [5.74, 6) is 0. The molecule has 5 heteroatoms. The summed E-state index contributed by atoms with van der Waals surface area (Å²) in [6, 6.07) is 0. The van der Waals surface area contributed by atoms with E-state index in [2.05, 4.69) is 4.84 Å². The van der Waals surface area contributed by atoms with Crippen LogP contribution in [0.15, 0.2) is 0 Å². The Morgan fingerprint density at radius 2 is 2.00 bits per heavy atom. The molecule has 0 fully saturated rings. The van der Waals surface area contributed by atoms with Crippen LogP contribution in [-0.4, -0.2) is 19.8 Å². The molecule has 0 aliphatic rings. The van der Waals surface area contributed by atoms with Gasteiger partial charge in [0.1, 0.15) is 6.54 Å². The molecule has 0 radical (unpaired) electrons. The average molecular weight is 129 g/mol. The summed E-state index contributed by atoms with van der Waals surface area (Å²) in [6.07, 6.45) is -4.18. The third kappa shape index (κ3) is 5.71. The fourth-order valence-corrected chi connectivity index (χ4v) is 0.154. The van der Waals surface area contributed by atoms with E-state index in [9.17, 15) is 13.2 Å². The van der Waals surface area contributed by atoms with Crippen LogP contribution in [0.4, 0.5) is 13.2 Å². The van der Waals surface area contributed by atoms with Gasteiger partial charge in [-0.25, -0.2) is 0 Å². The maximum absolute atomic E-state index is 11.1. The molecule has 8 heavy (non-hydrogen) atoms. The predicted octanol–water partition coefficient (Wildman–Crippen LogP) is 0.700. The first kappa shape index (κ1) is 7.71. The molecule has 0 saturated carbocycles. The van der Waals surface area contributed by atoms with E-state index >= 15 is 0 Å². The lowest BCUT2D eigenvalue weighted by atomic mass is 10.7. The van der Waals surface area contributed by atoms with E-state index in [1.807, 2.05) is 0 Å². The summed E-state index contributed by atoms with van der Waals surface area (Å²) in [7, 11) is 1.13. The number of hydroxylamine groups is 1. The van der Waals surface area contributed by atoms with Gasteiger partial charge in [0.05, 0.1) is 7.11 Å². The van der Waals surface area contributed by atoms with Crippen molar-refractivity contribution in [1.29, 1.82) is 0 Å². The zero-order valence-corrected chi connectivity index (χ0v) is 4.25. The molecule has 2 nitrogen and oxygen atoms in total. The summed E-state index contributed by atoms with van der Waals surface area (Å²) in [6.45, 7) is -1.11. The molecule has 0 aromatic rings. The average Bonchev–Trinajstić information content (AvgIpc) is 1.59. The van der Waals surface area contributed by atoms with Crippen molar-refractivity contribution in [1.82, 2.24) is 5.48 Å². The Bertz CT molecular complexity index is 62.0. The molecule has 0 aliphatic carbocycles. The zero-order chi connectivity index (χ0) is 6.62. The molecule has 1 N–H and O–H groups in total. The highest BCUT2D eigenvalue weighted by atomic mass is 19.4. The number of alkyl halides is 3. The Labute approximate surface area is 44.6 Å². The van der Waals surface area contributed by atoms with Crippen LogP contribution >= 0.6 is 0 Å². The predicted molar refractivity (Wildman–Crippen MR) is 21.1 cm³/mol. The number of rotatable bonds is 2. The third-order valence-corrected chi connectivity index (χ3v) is 0.417. The summed E-state index contributed by atoms with van der Waals surface area (Å²) in [5, 5.41) is 0. The quantitative estimate of drug-likeness (QED) is 0.554. The van der Waals surface area contributed by atoms with Crippen LogP contribution in [-0.2, 0) is 4.84 Å². The van der Waals surface area contributed by atoms with Gasteiger partial charge in [-0.05, 0) is 0 Å². The lowest BCUT2D eigenvalue weighted by molar-refractivity contribution is -0.145. The highest BCUT2D eigenvalue weighted by Gasteiger charge is 2.26. The van der Waals surface area contributed by atoms with Crippen LogP contribution in [0, 0.1) is 0 Å². The van der Waals surface area contributed by atoms with E-state index in [0.29, 0.717) is 0 Å². The van der Waals surface area contributed by atoms with Crippen molar-refractivity contribution in [3.63, 3.8) is 0 Å². The van der Waals surface area contributed by atoms with Gasteiger partial charge in [-0.15, -0.1) is 0 Å². The summed E-state index contributed by atoms with van der Waals surface area (Å²) >= 11 is 0. The minimum atomic E-state index is -4.18. The van der Waals surface area contributed by atoms with Crippen LogP contribution in [0.25, 0.3) is 0 Å². The van der Waals surface area contributed by atoms with E-state index in [1.54, 1.807) is 5.48 Å². The third-order valence-electron chi connectivity index (χ3n) is 0.417. The van der Waals surface area contributed by atoms with Crippen molar-refractivity contribution in [2.45, 2.75) is 6.18 Å². The van der Waals surface area contributed by atoms with Crippen molar-refractivity contribution in [3.05, 3.63) is 0 Å². The fourth-order valence-electron chi connectivity index (χ4n) is 0.154. The van der Waals surface area contributed by atoms with Gasteiger partial charge in [-0.3, -0.25) is 0 Å². The standard InChI is InChI=1S/C3H6F3NO/c1-8-7-2-3(4,5)6/h7H,2H2,1H3. The van der Waals surface area contributed by atoms with E-state index in [1.165, 1.54) is 0 Å². The lowest BCUT2D eigenvalue weighted by Gasteiger charge is -2.04. The normalized spacial score (nSPS) is 12.0. The molecule has 0 unspecified atom stereocenters. The van der Waals surface area contributed by atoms with Gasteiger partial charge in [0.2, 0.25) is 0 Å². The molecule has 0 spiro atoms. The molecular formula is C3H6F3NO. The van der Waals surface area contributed by atoms with Gasteiger partial charge in [-0.1, -0.05) is 0 Å². The van der Waals surface area contributed by atoms with Gasteiger partial charge in [0.15, 0.2) is 0 Å². The Kier molecular flexibility index (Phi) is 2.78. The molecule has 0 aromatic heterocycles. The number of nitrogens with one attached hydrogen (secondary N) is 1. The van der Waals surface area contributed by atoms with Gasteiger partial charge >= 0.3 is 6.18 Å². The topological polar surface area (TPSA) is 21.3 Å². The molecule has 50 valence electrons. The maximum atomic E-state index is 11.1. The molecule has 0 atom stereocenters. The van der Waals surface area contributed by atoms with E-state index in [4.69, 9.17) is 0 Å². The van der Waals surface area contributed by atoms with Crippen molar-refractivity contribution in [2.75, 3.05) is 13.7 Å². The summed E-state index contributed by atoms with van der Waals surface area (Å²) in [4.78, 5) is 3.95. The Balaban J connectivity index is 3.11. The largest absolute Gasteiger partial charge is 0.403 e. The Morgan fingerprint density at radius 3 is 2.12 bits per heavy atom. The minimum Gasteiger partial charge on any atom is -0.305 e. The van der Waals surface area contributed by atoms with Gasteiger partial charge < -0.3 is 4.84 Å². The van der Waals surface area contributed by atoms with Crippen LogP contribution < -0.4 is 5.48 Å². The SMILES string of the molecule is CONCC(F)(F)F. The molecule has 0 rings (SSSR count). The molecular weight excluding hydrogens is 123 g/mol. The van der Waals surface area contributed by atoms with Gasteiger partial charge in [0.25, 0.3) is 0 Å². The van der Waals surface area contributed by atoms with Gasteiger partial charge in [-0.2, -0.15) is 18.7 Å². The van der Waals surface area contributed by atoms with Crippen molar-refractivity contribution in [2.24, 2.45) is 0 Å². The minimum absolute atomic E-state index is 1.11. The number of hydrogen-bond donors (Lipinski definition) is 1. The smallest absolute Gasteiger partial charge is 0.305 e. The Hall–Kier alpha value is -0.290. The van der Waals surface area contributed by atoms with Crippen LogP contribution in [0.2, 0.25) is 0 Å². The second kappa shape index (κ2) is 2.88. The van der Waals surface area contributed by atoms with Crippen LogP contribution in [0.5, 0.6) is 0 Å². The second-order valence-electron chi connectivity index (χ2n) is 1.14. The van der Waals surface area contributed by atoms with E-state index in [-0.39, 0.29) is 0 Å². The molecule has 0 bridgehead atoms. The molecule has 0 heterocycles. The number of hydrogen-bond acceptors (Lipinski definition) is 2. The van der Waals surface area contributed by atoms with E-state index in [0.717, 1.165) is 7.11 Å². The van der Waals surface area contributed by atoms with Crippen molar-refractivity contribution < 1.29 is 18.0 Å². The highest BCUT2D eigenvalue weighted by Crippen LogP contribution is 2.11. The van der Waals surface area contributed by atoms with E-state index < -0.39 is 12.7 Å². The maximum Gasteiger partial charge on any atom is 0.403 e. The summed E-state index contributed by atoms with van der Waals surface area (Å²) < 4.78 is 33.3. The van der Waals surface area contributed by atoms with Gasteiger partial charge in [0, 0.05) is 0 Å². The lowest BCUT2D eigenvalue weighted by Crippen LogP contribution is -2.27. The number of halogens is 3. The van der Waals surface area contributed by atoms with Crippen LogP contribution in [0.3, 0.4) is 0 Å². The first-order valence-electron chi connectivity index (χ1n) is 1.89. The Morgan fingerprint density at radius 1 is 1.50 bits per heavy atom.